The summed E-state index contributed by atoms with van der Waals surface area (Å²) in [6.07, 6.45) is 7.55. The van der Waals surface area contributed by atoms with Gasteiger partial charge in [0.15, 0.2) is 5.16 Å². The maximum Gasteiger partial charge on any atom is 0.263 e. The molecule has 134 valence electrons. The summed E-state index contributed by atoms with van der Waals surface area (Å²) in [7, 11) is 0. The number of thiophene rings is 1. The molecular weight excluding hydrogens is 352 g/mol. The average Bonchev–Trinajstić information content (AvgIpc) is 3.22. The minimum absolute atomic E-state index is 0.104. The minimum Gasteiger partial charge on any atom is -0.377 e. The first-order chi connectivity index (χ1) is 12.2. The van der Waals surface area contributed by atoms with Gasteiger partial charge in [0.05, 0.1) is 11.5 Å². The maximum absolute atomic E-state index is 13.2. The number of hydrogen-bond donors (Lipinski definition) is 0. The van der Waals surface area contributed by atoms with Crippen LogP contribution in [0.5, 0.6) is 0 Å². The van der Waals surface area contributed by atoms with Gasteiger partial charge >= 0.3 is 0 Å². The smallest absolute Gasteiger partial charge is 0.263 e. The maximum atomic E-state index is 13.2. The molecule has 0 bridgehead atoms. The highest BCUT2D eigenvalue weighted by Crippen LogP contribution is 2.36. The Morgan fingerprint density at radius 3 is 3.12 bits per heavy atom. The van der Waals surface area contributed by atoms with Crippen LogP contribution in [0.1, 0.15) is 36.6 Å². The third kappa shape index (κ3) is 3.32. The zero-order chi connectivity index (χ0) is 17.4. The van der Waals surface area contributed by atoms with Crippen molar-refractivity contribution in [2.24, 2.45) is 5.92 Å². The van der Waals surface area contributed by atoms with E-state index in [2.05, 4.69) is 13.5 Å². The van der Waals surface area contributed by atoms with E-state index in [1.54, 1.807) is 33.7 Å². The molecule has 6 heteroatoms. The quantitative estimate of drug-likeness (QED) is 0.449. The molecule has 0 aromatic carbocycles. The third-order valence-electron chi connectivity index (χ3n) is 5.11. The summed E-state index contributed by atoms with van der Waals surface area (Å²) in [6, 6.07) is 0. The van der Waals surface area contributed by atoms with Crippen LogP contribution in [-0.4, -0.2) is 28.0 Å². The predicted octanol–water partition coefficient (Wildman–Crippen LogP) is 4.04. The second kappa shape index (κ2) is 7.25. The van der Waals surface area contributed by atoms with Gasteiger partial charge < -0.3 is 4.74 Å². The SMILES string of the molecule is C=CCn1c(SCC2CCCO2)nc2sc3c(c2c1=O)CCC(C)C3. The fraction of sp³-hybridized carbons (Fsp3) is 0.579. The molecule has 25 heavy (non-hydrogen) atoms. The molecule has 0 spiro atoms. The molecule has 1 saturated heterocycles. The molecule has 1 aliphatic carbocycles. The van der Waals surface area contributed by atoms with E-state index in [4.69, 9.17) is 9.72 Å². The summed E-state index contributed by atoms with van der Waals surface area (Å²) >= 11 is 3.37. The van der Waals surface area contributed by atoms with Crippen LogP contribution in [0.25, 0.3) is 10.2 Å². The van der Waals surface area contributed by atoms with E-state index in [0.29, 0.717) is 12.5 Å². The molecule has 2 aliphatic rings. The number of thioether (sulfide) groups is 1. The lowest BCUT2D eigenvalue weighted by atomic mass is 9.89. The Hall–Kier alpha value is -1.11. The highest BCUT2D eigenvalue weighted by atomic mass is 32.2. The fourth-order valence-corrected chi connectivity index (χ4v) is 6.25. The van der Waals surface area contributed by atoms with Gasteiger partial charge in [0, 0.05) is 23.8 Å². The number of allylic oxidation sites excluding steroid dienone is 1. The van der Waals surface area contributed by atoms with E-state index in [1.165, 1.54) is 10.4 Å². The van der Waals surface area contributed by atoms with Crippen molar-refractivity contribution in [3.8, 4) is 0 Å². The van der Waals surface area contributed by atoms with Crippen LogP contribution in [-0.2, 0) is 24.1 Å². The lowest BCUT2D eigenvalue weighted by Crippen LogP contribution is -2.24. The van der Waals surface area contributed by atoms with E-state index in [9.17, 15) is 4.79 Å². The summed E-state index contributed by atoms with van der Waals surface area (Å²) in [5.74, 6) is 1.56. The molecular formula is C19H24N2O2S2. The van der Waals surface area contributed by atoms with Crippen molar-refractivity contribution in [3.05, 3.63) is 33.4 Å². The van der Waals surface area contributed by atoms with Gasteiger partial charge in [0.25, 0.3) is 5.56 Å². The number of hydrogen-bond acceptors (Lipinski definition) is 5. The van der Waals surface area contributed by atoms with E-state index in [-0.39, 0.29) is 11.7 Å². The number of fused-ring (bicyclic) bond motifs is 3. The molecule has 3 heterocycles. The molecule has 0 saturated carbocycles. The van der Waals surface area contributed by atoms with Crippen molar-refractivity contribution in [2.45, 2.75) is 56.8 Å². The summed E-state index contributed by atoms with van der Waals surface area (Å²) in [4.78, 5) is 20.4. The Morgan fingerprint density at radius 2 is 2.36 bits per heavy atom. The Morgan fingerprint density at radius 1 is 1.48 bits per heavy atom. The number of ether oxygens (including phenoxy) is 1. The van der Waals surface area contributed by atoms with Crippen molar-refractivity contribution in [1.29, 1.82) is 0 Å². The van der Waals surface area contributed by atoms with Gasteiger partial charge in [-0.15, -0.1) is 17.9 Å². The van der Waals surface area contributed by atoms with Crippen LogP contribution < -0.4 is 5.56 Å². The lowest BCUT2D eigenvalue weighted by molar-refractivity contribution is 0.129. The minimum atomic E-state index is 0.104. The van der Waals surface area contributed by atoms with Crippen molar-refractivity contribution in [2.75, 3.05) is 12.4 Å². The summed E-state index contributed by atoms with van der Waals surface area (Å²) in [6.45, 7) is 7.48. The standard InChI is InChI=1S/C19H24N2O2S2/c1-3-8-21-18(22)16-14-7-6-12(2)10-15(14)25-17(16)20-19(21)24-11-13-5-4-9-23-13/h3,12-13H,1,4-11H2,2H3. The monoisotopic (exact) mass is 376 g/mol. The second-order valence-corrected chi connectivity index (χ2v) is 9.15. The Bertz CT molecular complexity index is 849. The van der Waals surface area contributed by atoms with E-state index >= 15 is 0 Å². The molecule has 2 aromatic rings. The number of rotatable bonds is 5. The van der Waals surface area contributed by atoms with Gasteiger partial charge in [0.1, 0.15) is 4.83 Å². The molecule has 4 rings (SSSR count). The van der Waals surface area contributed by atoms with E-state index in [1.807, 2.05) is 0 Å². The van der Waals surface area contributed by atoms with Gasteiger partial charge in [0.2, 0.25) is 0 Å². The predicted molar refractivity (Wildman–Crippen MR) is 105 cm³/mol. The zero-order valence-electron chi connectivity index (χ0n) is 14.6. The number of nitrogens with zero attached hydrogens (tertiary/aromatic N) is 2. The Kier molecular flexibility index (Phi) is 5.02. The zero-order valence-corrected chi connectivity index (χ0v) is 16.3. The molecule has 2 unspecified atom stereocenters. The van der Waals surface area contributed by atoms with Crippen LogP contribution in [0, 0.1) is 5.92 Å². The van der Waals surface area contributed by atoms with Gasteiger partial charge in [-0.05, 0) is 43.6 Å². The second-order valence-electron chi connectivity index (χ2n) is 7.08. The number of aromatic nitrogens is 2. The Labute approximate surface area is 156 Å². The van der Waals surface area contributed by atoms with Crippen molar-refractivity contribution in [1.82, 2.24) is 9.55 Å². The van der Waals surface area contributed by atoms with Gasteiger partial charge in [-0.1, -0.05) is 24.8 Å². The molecule has 2 aromatic heterocycles. The highest BCUT2D eigenvalue weighted by molar-refractivity contribution is 7.99. The van der Waals surface area contributed by atoms with Crippen LogP contribution in [0.2, 0.25) is 0 Å². The van der Waals surface area contributed by atoms with Gasteiger partial charge in [-0.25, -0.2) is 4.98 Å². The highest BCUT2D eigenvalue weighted by Gasteiger charge is 2.25. The first-order valence-corrected chi connectivity index (χ1v) is 10.9. The van der Waals surface area contributed by atoms with Crippen LogP contribution in [0.3, 0.4) is 0 Å². The molecule has 0 amide bonds. The molecule has 2 atom stereocenters. The molecule has 0 radical (unpaired) electrons. The largest absolute Gasteiger partial charge is 0.377 e. The normalized spacial score (nSPS) is 23.1. The Balaban J connectivity index is 1.75. The third-order valence-corrected chi connectivity index (χ3v) is 7.37. The van der Waals surface area contributed by atoms with Crippen molar-refractivity contribution in [3.63, 3.8) is 0 Å². The van der Waals surface area contributed by atoms with Gasteiger partial charge in [-0.2, -0.15) is 0 Å². The molecule has 1 fully saturated rings. The average molecular weight is 377 g/mol. The van der Waals surface area contributed by atoms with Crippen molar-refractivity contribution < 1.29 is 4.74 Å². The fourth-order valence-electron chi connectivity index (χ4n) is 3.75. The van der Waals surface area contributed by atoms with Crippen LogP contribution in [0.15, 0.2) is 22.6 Å². The molecule has 4 nitrogen and oxygen atoms in total. The number of aryl methyl sites for hydroxylation is 1. The summed E-state index contributed by atoms with van der Waals surface area (Å²) < 4.78 is 7.51. The topological polar surface area (TPSA) is 44.1 Å². The summed E-state index contributed by atoms with van der Waals surface area (Å²) in [5, 5.41) is 1.66. The van der Waals surface area contributed by atoms with Gasteiger partial charge in [-0.3, -0.25) is 9.36 Å². The molecule has 0 N–H and O–H groups in total. The van der Waals surface area contributed by atoms with E-state index < -0.39 is 0 Å². The lowest BCUT2D eigenvalue weighted by Gasteiger charge is -2.17. The first-order valence-electron chi connectivity index (χ1n) is 9.07. The van der Waals surface area contributed by atoms with E-state index in [0.717, 1.165) is 59.8 Å². The summed E-state index contributed by atoms with van der Waals surface area (Å²) in [5.41, 5.74) is 1.36. The van der Waals surface area contributed by atoms with Crippen LogP contribution >= 0.6 is 23.1 Å². The first kappa shape index (κ1) is 17.3. The van der Waals surface area contributed by atoms with Crippen molar-refractivity contribution >= 4 is 33.3 Å². The molecule has 1 aliphatic heterocycles. The van der Waals surface area contributed by atoms with Crippen LogP contribution in [0.4, 0.5) is 0 Å².